The molecule has 2 aromatic carbocycles. The highest BCUT2D eigenvalue weighted by molar-refractivity contribution is 5.40. The number of hydrogen-bond acceptors (Lipinski definition) is 2. The molecule has 0 aromatic heterocycles. The summed E-state index contributed by atoms with van der Waals surface area (Å²) in [6.45, 7) is 8.67. The largest absolute Gasteiger partial charge is 0.492 e. The molecule has 128 valence electrons. The molecule has 2 aromatic rings. The lowest BCUT2D eigenvalue weighted by molar-refractivity contribution is 0.198. The third kappa shape index (κ3) is 3.64. The predicted octanol–water partition coefficient (Wildman–Crippen LogP) is 4.79. The van der Waals surface area contributed by atoms with Crippen LogP contribution in [0.25, 0.3) is 0 Å². The Morgan fingerprint density at radius 1 is 1.00 bits per heavy atom. The fourth-order valence-corrected chi connectivity index (χ4v) is 3.49. The predicted molar refractivity (Wildman–Crippen MR) is 101 cm³/mol. The van der Waals surface area contributed by atoms with Crippen molar-refractivity contribution >= 4 is 0 Å². The molecule has 24 heavy (non-hydrogen) atoms. The van der Waals surface area contributed by atoms with Crippen LogP contribution in [-0.4, -0.2) is 31.1 Å². The van der Waals surface area contributed by atoms with E-state index in [9.17, 15) is 0 Å². The highest BCUT2D eigenvalue weighted by Crippen LogP contribution is 2.32. The van der Waals surface area contributed by atoms with E-state index in [4.69, 9.17) is 4.74 Å². The van der Waals surface area contributed by atoms with E-state index in [1.165, 1.54) is 36.1 Å². The summed E-state index contributed by atoms with van der Waals surface area (Å²) in [5, 5.41) is 0. The summed E-state index contributed by atoms with van der Waals surface area (Å²) in [6, 6.07) is 18.0. The second kappa shape index (κ2) is 6.98. The van der Waals surface area contributed by atoms with Crippen molar-refractivity contribution in [2.24, 2.45) is 0 Å². The normalized spacial score (nSPS) is 18.8. The molecule has 1 unspecified atom stereocenters. The van der Waals surface area contributed by atoms with E-state index < -0.39 is 0 Å². The minimum atomic E-state index is -0.00208. The Morgan fingerprint density at radius 3 is 2.12 bits per heavy atom. The van der Waals surface area contributed by atoms with Gasteiger partial charge in [-0.25, -0.2) is 0 Å². The van der Waals surface area contributed by atoms with Crippen LogP contribution in [0.2, 0.25) is 0 Å². The van der Waals surface area contributed by atoms with Crippen LogP contribution < -0.4 is 4.74 Å². The number of aryl methyl sites for hydroxylation is 1. The molecule has 0 radical (unpaired) electrons. The van der Waals surface area contributed by atoms with Crippen LogP contribution in [0.3, 0.4) is 0 Å². The van der Waals surface area contributed by atoms with Gasteiger partial charge in [0, 0.05) is 11.5 Å². The average Bonchev–Trinajstić information content (AvgIpc) is 2.99. The second-order valence-electron chi connectivity index (χ2n) is 7.60. The zero-order valence-corrected chi connectivity index (χ0v) is 15.4. The van der Waals surface area contributed by atoms with Gasteiger partial charge in [-0.2, -0.15) is 0 Å². The monoisotopic (exact) mass is 323 g/mol. The van der Waals surface area contributed by atoms with E-state index in [-0.39, 0.29) is 5.41 Å². The smallest absolute Gasteiger partial charge is 0.119 e. The first-order chi connectivity index (χ1) is 11.5. The van der Waals surface area contributed by atoms with Crippen LogP contribution in [0, 0.1) is 6.92 Å². The lowest BCUT2D eigenvalue weighted by Crippen LogP contribution is -2.30. The van der Waals surface area contributed by atoms with Gasteiger partial charge in [0.15, 0.2) is 0 Å². The number of benzene rings is 2. The fourth-order valence-electron chi connectivity index (χ4n) is 3.49. The van der Waals surface area contributed by atoms with Crippen LogP contribution in [-0.2, 0) is 5.41 Å². The Morgan fingerprint density at radius 2 is 1.58 bits per heavy atom. The molecule has 2 nitrogen and oxygen atoms in total. The standard InChI is InChI=1S/C22H29NO/c1-17-7-9-18(10-8-17)22(2,3)19-11-13-21(14-12-19)24-16-20-6-5-15-23(20)4/h7-14,20H,5-6,15-16H2,1-4H3. The molecule has 0 bridgehead atoms. The van der Waals surface area contributed by atoms with Crippen molar-refractivity contribution in [2.45, 2.75) is 45.1 Å². The Balaban J connectivity index is 1.68. The molecule has 1 atom stereocenters. The molecule has 1 fully saturated rings. The van der Waals surface area contributed by atoms with Crippen molar-refractivity contribution in [2.75, 3.05) is 20.2 Å². The highest BCUT2D eigenvalue weighted by Gasteiger charge is 2.23. The summed E-state index contributed by atoms with van der Waals surface area (Å²) >= 11 is 0. The summed E-state index contributed by atoms with van der Waals surface area (Å²) in [4.78, 5) is 2.40. The number of ether oxygens (including phenoxy) is 1. The molecule has 0 aliphatic carbocycles. The summed E-state index contributed by atoms with van der Waals surface area (Å²) in [5.41, 5.74) is 3.96. The lowest BCUT2D eigenvalue weighted by Gasteiger charge is -2.26. The van der Waals surface area contributed by atoms with Crippen molar-refractivity contribution in [3.63, 3.8) is 0 Å². The van der Waals surface area contributed by atoms with E-state index in [1.54, 1.807) is 0 Å². The van der Waals surface area contributed by atoms with E-state index >= 15 is 0 Å². The molecule has 1 aliphatic heterocycles. The molecule has 0 saturated carbocycles. The molecular formula is C22H29NO. The van der Waals surface area contributed by atoms with Gasteiger partial charge >= 0.3 is 0 Å². The highest BCUT2D eigenvalue weighted by atomic mass is 16.5. The maximum Gasteiger partial charge on any atom is 0.119 e. The van der Waals surface area contributed by atoms with Crippen LogP contribution in [0.15, 0.2) is 48.5 Å². The van der Waals surface area contributed by atoms with Gasteiger partial charge in [0.05, 0.1) is 0 Å². The minimum Gasteiger partial charge on any atom is -0.492 e. The topological polar surface area (TPSA) is 12.5 Å². The number of hydrogen-bond donors (Lipinski definition) is 0. The molecule has 2 heteroatoms. The third-order valence-electron chi connectivity index (χ3n) is 5.46. The van der Waals surface area contributed by atoms with Gasteiger partial charge < -0.3 is 9.64 Å². The van der Waals surface area contributed by atoms with Gasteiger partial charge in [-0.3, -0.25) is 0 Å². The minimum absolute atomic E-state index is 0.00208. The van der Waals surface area contributed by atoms with E-state index in [0.717, 1.165) is 12.4 Å². The zero-order chi connectivity index (χ0) is 17.2. The first-order valence-corrected chi connectivity index (χ1v) is 8.97. The fraction of sp³-hybridized carbons (Fsp3) is 0.455. The van der Waals surface area contributed by atoms with Crippen molar-refractivity contribution in [1.82, 2.24) is 4.90 Å². The first kappa shape index (κ1) is 17.0. The summed E-state index contributed by atoms with van der Waals surface area (Å²) in [5.74, 6) is 0.971. The molecule has 1 heterocycles. The Labute approximate surface area is 146 Å². The van der Waals surface area contributed by atoms with Crippen LogP contribution in [0.4, 0.5) is 0 Å². The van der Waals surface area contributed by atoms with Gasteiger partial charge in [0.25, 0.3) is 0 Å². The van der Waals surface area contributed by atoms with Gasteiger partial charge in [0.1, 0.15) is 12.4 Å². The van der Waals surface area contributed by atoms with Gasteiger partial charge in [-0.15, -0.1) is 0 Å². The van der Waals surface area contributed by atoms with E-state index in [0.29, 0.717) is 6.04 Å². The third-order valence-corrected chi connectivity index (χ3v) is 5.46. The van der Waals surface area contributed by atoms with Gasteiger partial charge in [-0.1, -0.05) is 55.8 Å². The zero-order valence-electron chi connectivity index (χ0n) is 15.4. The summed E-state index contributed by atoms with van der Waals surface area (Å²) < 4.78 is 6.01. The summed E-state index contributed by atoms with van der Waals surface area (Å²) in [7, 11) is 2.19. The first-order valence-electron chi connectivity index (χ1n) is 8.97. The molecule has 1 aliphatic rings. The second-order valence-corrected chi connectivity index (χ2v) is 7.60. The molecule has 0 amide bonds. The molecule has 0 N–H and O–H groups in total. The number of likely N-dealkylation sites (N-methyl/N-ethyl adjacent to an activating group) is 1. The maximum atomic E-state index is 6.01. The SMILES string of the molecule is Cc1ccc(C(C)(C)c2ccc(OCC3CCCN3C)cc2)cc1. The quantitative estimate of drug-likeness (QED) is 0.784. The number of nitrogens with zero attached hydrogens (tertiary/aromatic N) is 1. The van der Waals surface area contributed by atoms with Gasteiger partial charge in [0.2, 0.25) is 0 Å². The van der Waals surface area contributed by atoms with Gasteiger partial charge in [-0.05, 0) is 56.6 Å². The molecular weight excluding hydrogens is 294 g/mol. The number of rotatable bonds is 5. The molecule has 3 rings (SSSR count). The Hall–Kier alpha value is -1.80. The number of likely N-dealkylation sites (tertiary alicyclic amines) is 1. The van der Waals surface area contributed by atoms with Crippen molar-refractivity contribution in [3.8, 4) is 5.75 Å². The average molecular weight is 323 g/mol. The van der Waals surface area contributed by atoms with Crippen molar-refractivity contribution in [1.29, 1.82) is 0 Å². The van der Waals surface area contributed by atoms with Crippen LogP contribution in [0.1, 0.15) is 43.4 Å². The van der Waals surface area contributed by atoms with E-state index in [2.05, 4.69) is 81.2 Å². The van der Waals surface area contributed by atoms with E-state index in [1.807, 2.05) is 0 Å². The Kier molecular flexibility index (Phi) is 4.96. The van der Waals surface area contributed by atoms with Crippen LogP contribution in [0.5, 0.6) is 5.75 Å². The van der Waals surface area contributed by atoms with Crippen LogP contribution >= 0.6 is 0 Å². The molecule has 0 spiro atoms. The molecule has 1 saturated heterocycles. The van der Waals surface area contributed by atoms with Crippen molar-refractivity contribution < 1.29 is 4.74 Å². The maximum absolute atomic E-state index is 6.01. The van der Waals surface area contributed by atoms with Crippen molar-refractivity contribution in [3.05, 3.63) is 65.2 Å². The lowest BCUT2D eigenvalue weighted by atomic mass is 9.78. The Bertz CT molecular complexity index is 657. The summed E-state index contributed by atoms with van der Waals surface area (Å²) in [6.07, 6.45) is 2.53.